The molecule has 1 aromatic carbocycles. The van der Waals surface area contributed by atoms with E-state index in [2.05, 4.69) is 16.0 Å². The van der Waals surface area contributed by atoms with E-state index in [1.807, 2.05) is 0 Å². The van der Waals surface area contributed by atoms with E-state index in [9.17, 15) is 56.2 Å². The Labute approximate surface area is 386 Å². The number of nitrogens with one attached hydrogen (secondary N) is 3. The Bertz CT molecular complexity index is 1880. The van der Waals surface area contributed by atoms with Gasteiger partial charge in [-0.3, -0.25) is 33.6 Å². The predicted octanol–water partition coefficient (Wildman–Crippen LogP) is 2.27. The maximum Gasteiger partial charge on any atom is 0.426 e. The zero-order valence-corrected chi connectivity index (χ0v) is 39.3. The zero-order chi connectivity index (χ0) is 49.1. The Morgan fingerprint density at radius 1 is 1.00 bits per heavy atom. The molecule has 17 nitrogen and oxygen atoms in total. The summed E-state index contributed by atoms with van der Waals surface area (Å²) in [7, 11) is 6.79. The summed E-state index contributed by atoms with van der Waals surface area (Å²) in [5, 5.41) is 18.5. The molecule has 0 spiro atoms. The number of halogens is 6. The van der Waals surface area contributed by atoms with E-state index in [1.165, 1.54) is 52.4 Å². The highest BCUT2D eigenvalue weighted by Crippen LogP contribution is 2.34. The molecule has 2 heterocycles. The van der Waals surface area contributed by atoms with Crippen molar-refractivity contribution in [1.29, 1.82) is 0 Å². The quantitative estimate of drug-likeness (QED) is 0.200. The molecule has 2 aliphatic heterocycles. The van der Waals surface area contributed by atoms with Crippen LogP contribution in [0.2, 0.25) is 10.0 Å². The summed E-state index contributed by atoms with van der Waals surface area (Å²) in [5.74, 6) is -6.96. The normalized spacial score (nSPS) is 24.6. The fourth-order valence-electron chi connectivity index (χ4n) is 7.67. The Kier molecular flexibility index (Phi) is 20.3. The molecule has 2 aliphatic rings. The third kappa shape index (κ3) is 14.3. The standard InChI is InChI=1S/C42H61Cl2F4N7O10/c1-23(2)17-29-39(61)54(6)32(19-24-18-25(43)12-13-27(24)44)35(57)51-30(22-65-8)37(59)52(4)15-10-9-11-31(34(56)50-29)53(5)38(60)28(14-16-64-7)49-36(58)33-20-26(45)21-55(33)40(62)41(3,63)42(46,47)48/h12-13,18,23,26,28-33,63H,9-11,14-17,19-22H2,1-8H3,(H,49,58)(H,50,56)(H,51,57)/t26-,28+,29+,30-,31+,32+,33+,41-/m1/s1. The fourth-order valence-corrected chi connectivity index (χ4v) is 8.05. The van der Waals surface area contributed by atoms with Gasteiger partial charge in [-0.25, -0.2) is 4.39 Å². The number of amides is 7. The third-order valence-corrected chi connectivity index (χ3v) is 12.1. The molecule has 366 valence electrons. The summed E-state index contributed by atoms with van der Waals surface area (Å²) in [6.07, 6.45) is -7.97. The van der Waals surface area contributed by atoms with Crippen LogP contribution in [0.4, 0.5) is 17.6 Å². The van der Waals surface area contributed by atoms with Crippen LogP contribution < -0.4 is 16.0 Å². The molecule has 0 saturated carbocycles. The Morgan fingerprint density at radius 2 is 1.65 bits per heavy atom. The highest BCUT2D eigenvalue weighted by atomic mass is 35.5. The minimum absolute atomic E-state index is 0.0332. The molecule has 0 radical (unpaired) electrons. The molecule has 2 fully saturated rings. The molecule has 65 heavy (non-hydrogen) atoms. The first-order chi connectivity index (χ1) is 30.3. The molecule has 4 N–H and O–H groups in total. The van der Waals surface area contributed by atoms with Crippen LogP contribution in [0.15, 0.2) is 18.2 Å². The first-order valence-corrected chi connectivity index (χ1v) is 21.9. The van der Waals surface area contributed by atoms with Gasteiger partial charge in [-0.05, 0) is 68.7 Å². The number of hydrogen-bond acceptors (Lipinski definition) is 10. The lowest BCUT2D eigenvalue weighted by atomic mass is 9.98. The minimum Gasteiger partial charge on any atom is -0.385 e. The van der Waals surface area contributed by atoms with Gasteiger partial charge in [0.15, 0.2) is 0 Å². The maximum atomic E-state index is 14.7. The van der Waals surface area contributed by atoms with Crippen molar-refractivity contribution in [3.63, 3.8) is 0 Å². The number of aliphatic hydroxyl groups is 1. The smallest absolute Gasteiger partial charge is 0.385 e. The number of nitrogens with zero attached hydrogens (tertiary/aromatic N) is 4. The van der Waals surface area contributed by atoms with E-state index in [1.54, 1.807) is 19.9 Å². The monoisotopic (exact) mass is 969 g/mol. The fraction of sp³-hybridized carbons (Fsp3) is 0.690. The van der Waals surface area contributed by atoms with Crippen molar-refractivity contribution in [1.82, 2.24) is 35.6 Å². The molecule has 0 unspecified atom stereocenters. The number of carbonyl (C=O) groups excluding carboxylic acids is 7. The highest BCUT2D eigenvalue weighted by Gasteiger charge is 2.59. The number of benzene rings is 1. The predicted molar refractivity (Wildman–Crippen MR) is 230 cm³/mol. The molecule has 0 bridgehead atoms. The van der Waals surface area contributed by atoms with Crippen LogP contribution in [0.3, 0.4) is 0 Å². The van der Waals surface area contributed by atoms with Crippen molar-refractivity contribution in [2.75, 3.05) is 61.7 Å². The van der Waals surface area contributed by atoms with E-state index >= 15 is 0 Å². The molecule has 23 heteroatoms. The molecule has 2 saturated heterocycles. The van der Waals surface area contributed by atoms with Gasteiger partial charge in [0.2, 0.25) is 41.0 Å². The van der Waals surface area contributed by atoms with E-state index < -0.39 is 109 Å². The largest absolute Gasteiger partial charge is 0.426 e. The molecule has 0 aliphatic carbocycles. The highest BCUT2D eigenvalue weighted by molar-refractivity contribution is 6.33. The molecule has 7 amide bonds. The summed E-state index contributed by atoms with van der Waals surface area (Å²) in [4.78, 5) is 102. The summed E-state index contributed by atoms with van der Waals surface area (Å²) < 4.78 is 66.0. The average molecular weight is 971 g/mol. The van der Waals surface area contributed by atoms with Gasteiger partial charge in [0.05, 0.1) is 13.2 Å². The Morgan fingerprint density at radius 3 is 2.25 bits per heavy atom. The van der Waals surface area contributed by atoms with E-state index in [4.69, 9.17) is 32.7 Å². The van der Waals surface area contributed by atoms with Crippen molar-refractivity contribution < 1.29 is 65.7 Å². The van der Waals surface area contributed by atoms with Crippen LogP contribution in [0, 0.1) is 5.92 Å². The second kappa shape index (κ2) is 23.9. The van der Waals surface area contributed by atoms with Crippen molar-refractivity contribution in [2.45, 2.75) is 120 Å². The second-order valence-electron chi connectivity index (χ2n) is 17.1. The molecule has 1 aromatic rings. The topological polar surface area (TPSA) is 207 Å². The lowest BCUT2D eigenvalue weighted by molar-refractivity contribution is -0.250. The molecular formula is C42H61Cl2F4N7O10. The van der Waals surface area contributed by atoms with Crippen molar-refractivity contribution >= 4 is 64.6 Å². The van der Waals surface area contributed by atoms with Crippen molar-refractivity contribution in [3.8, 4) is 0 Å². The molecular weight excluding hydrogens is 909 g/mol. The van der Waals surface area contributed by atoms with E-state index in [0.717, 1.165) is 9.80 Å². The molecule has 0 aromatic heterocycles. The van der Waals surface area contributed by atoms with Gasteiger partial charge in [-0.15, -0.1) is 0 Å². The van der Waals surface area contributed by atoms with Gasteiger partial charge >= 0.3 is 6.18 Å². The van der Waals surface area contributed by atoms with Crippen LogP contribution in [0.5, 0.6) is 0 Å². The summed E-state index contributed by atoms with van der Waals surface area (Å²) in [5.41, 5.74) is -3.54. The van der Waals surface area contributed by atoms with Crippen LogP contribution >= 0.6 is 23.2 Å². The van der Waals surface area contributed by atoms with Crippen LogP contribution in [0.25, 0.3) is 0 Å². The number of likely N-dealkylation sites (N-methyl/N-ethyl adjacent to an activating group) is 3. The maximum absolute atomic E-state index is 14.7. The van der Waals surface area contributed by atoms with Gasteiger partial charge in [0.1, 0.15) is 42.4 Å². The minimum atomic E-state index is -5.46. The zero-order valence-electron chi connectivity index (χ0n) is 37.8. The van der Waals surface area contributed by atoms with E-state index in [0.29, 0.717) is 10.6 Å². The third-order valence-electron chi connectivity index (χ3n) is 11.5. The van der Waals surface area contributed by atoms with Gasteiger partial charge in [-0.2, -0.15) is 13.2 Å². The van der Waals surface area contributed by atoms with Gasteiger partial charge in [0.25, 0.3) is 5.91 Å². The number of carbonyl (C=O) groups is 7. The number of ether oxygens (including phenoxy) is 2. The SMILES string of the molecule is COCC[C@H](NC(=O)[C@@H]1C[C@@H](F)CN1C(=O)[C@@](C)(O)C(F)(F)F)C(=O)N(C)[C@H]1CCCCN(C)C(=O)[C@@H](COC)NC(=O)[C@H](Cc2cc(Cl)ccc2Cl)N(C)C(=O)[C@H](CC(C)C)NC1=O. The van der Waals surface area contributed by atoms with Crippen LogP contribution in [-0.4, -0.2) is 182 Å². The van der Waals surface area contributed by atoms with Crippen molar-refractivity contribution in [3.05, 3.63) is 33.8 Å². The number of alkyl halides is 4. The van der Waals surface area contributed by atoms with Gasteiger partial charge < -0.3 is 50.1 Å². The lowest BCUT2D eigenvalue weighted by Gasteiger charge is -2.36. The van der Waals surface area contributed by atoms with Crippen molar-refractivity contribution in [2.24, 2.45) is 5.92 Å². The summed E-state index contributed by atoms with van der Waals surface area (Å²) in [6, 6.07) is -3.84. The van der Waals surface area contributed by atoms with Crippen LogP contribution in [0.1, 0.15) is 64.9 Å². The number of rotatable bonds is 14. The summed E-state index contributed by atoms with van der Waals surface area (Å²) >= 11 is 12.8. The Balaban J connectivity index is 2.05. The lowest BCUT2D eigenvalue weighted by Crippen LogP contribution is -2.61. The van der Waals surface area contributed by atoms with Gasteiger partial charge in [-0.1, -0.05) is 37.0 Å². The van der Waals surface area contributed by atoms with Crippen LogP contribution in [-0.2, 0) is 49.5 Å². The van der Waals surface area contributed by atoms with Gasteiger partial charge in [0, 0.05) is 71.4 Å². The second-order valence-corrected chi connectivity index (χ2v) is 17.9. The molecule has 8 atom stereocenters. The summed E-state index contributed by atoms with van der Waals surface area (Å²) in [6.45, 7) is 2.63. The molecule has 3 rings (SSSR count). The number of likely N-dealkylation sites (tertiary alicyclic amines) is 1. The number of methoxy groups -OCH3 is 2. The number of hydrogen-bond donors (Lipinski definition) is 4. The first-order valence-electron chi connectivity index (χ1n) is 21.1. The average Bonchev–Trinajstić information content (AvgIpc) is 3.63. The van der Waals surface area contributed by atoms with E-state index in [-0.39, 0.29) is 81.0 Å². The first kappa shape index (κ1) is 55.0. The Hall–Kier alpha value is -4.31.